The topological polar surface area (TPSA) is 83.1 Å². The summed E-state index contributed by atoms with van der Waals surface area (Å²) in [6.07, 6.45) is 3.02. The Hall–Kier alpha value is -3.10. The number of ether oxygens (including phenoxy) is 1. The van der Waals surface area contributed by atoms with Crippen molar-refractivity contribution >= 4 is 17.7 Å². The van der Waals surface area contributed by atoms with Gasteiger partial charge in [0.05, 0.1) is 18.6 Å². The van der Waals surface area contributed by atoms with Gasteiger partial charge in [0.15, 0.2) is 0 Å². The average molecular weight is 479 g/mol. The molecular formula is C27H34N4O4. The molecule has 1 aromatic carbocycles. The highest BCUT2D eigenvalue weighted by atomic mass is 16.5. The predicted molar refractivity (Wildman–Crippen MR) is 132 cm³/mol. The minimum atomic E-state index is -1.17. The molecule has 0 unspecified atom stereocenters. The van der Waals surface area contributed by atoms with Gasteiger partial charge in [0.25, 0.3) is 0 Å². The molecule has 0 aliphatic carbocycles. The van der Waals surface area contributed by atoms with Crippen molar-refractivity contribution in [1.29, 1.82) is 0 Å². The van der Waals surface area contributed by atoms with Gasteiger partial charge in [-0.3, -0.25) is 29.2 Å². The summed E-state index contributed by atoms with van der Waals surface area (Å²) in [7, 11) is 1.78. The van der Waals surface area contributed by atoms with Gasteiger partial charge in [-0.1, -0.05) is 36.4 Å². The van der Waals surface area contributed by atoms with Crippen LogP contribution in [0.4, 0.5) is 0 Å². The molecule has 0 N–H and O–H groups in total. The fourth-order valence-corrected chi connectivity index (χ4v) is 4.90. The molecule has 8 heteroatoms. The first kappa shape index (κ1) is 25.0. The zero-order valence-electron chi connectivity index (χ0n) is 20.4. The second-order valence-corrected chi connectivity index (χ2v) is 9.35. The Morgan fingerprint density at radius 1 is 1.06 bits per heavy atom. The van der Waals surface area contributed by atoms with Crippen LogP contribution in [0.15, 0.2) is 54.7 Å². The number of morpholine rings is 1. The molecule has 1 atom stereocenters. The maximum atomic E-state index is 13.7. The van der Waals surface area contributed by atoms with Crippen molar-refractivity contribution in [2.24, 2.45) is 0 Å². The molecule has 0 radical (unpaired) electrons. The number of carbonyl (C=O) groups is 3. The summed E-state index contributed by atoms with van der Waals surface area (Å²) >= 11 is 0. The Balaban J connectivity index is 1.44. The minimum absolute atomic E-state index is 0.00538. The van der Waals surface area contributed by atoms with Crippen LogP contribution in [0.1, 0.15) is 30.5 Å². The highest BCUT2D eigenvalue weighted by Gasteiger charge is 2.53. The summed E-state index contributed by atoms with van der Waals surface area (Å²) in [6, 6.07) is 14.9. The number of carbonyl (C=O) groups excluding carboxylic acids is 3. The number of hydrogen-bond acceptors (Lipinski definition) is 6. The van der Waals surface area contributed by atoms with Crippen molar-refractivity contribution in [2.75, 3.05) is 53.0 Å². The molecule has 2 saturated heterocycles. The summed E-state index contributed by atoms with van der Waals surface area (Å²) in [6.45, 7) is 5.10. The number of nitrogens with zero attached hydrogens (tertiary/aromatic N) is 4. The first-order chi connectivity index (χ1) is 17.0. The number of imide groups is 1. The average Bonchev–Trinajstić information content (AvgIpc) is 3.13. The van der Waals surface area contributed by atoms with Gasteiger partial charge in [-0.2, -0.15) is 0 Å². The predicted octanol–water partition coefficient (Wildman–Crippen LogP) is 1.89. The Labute approximate surface area is 206 Å². The molecule has 0 spiro atoms. The fourth-order valence-electron chi connectivity index (χ4n) is 4.90. The van der Waals surface area contributed by atoms with E-state index in [4.69, 9.17) is 4.74 Å². The number of benzene rings is 1. The van der Waals surface area contributed by atoms with Gasteiger partial charge in [0.1, 0.15) is 0 Å². The summed E-state index contributed by atoms with van der Waals surface area (Å²) in [5, 5.41) is 0. The van der Waals surface area contributed by atoms with E-state index in [0.29, 0.717) is 18.5 Å². The quantitative estimate of drug-likeness (QED) is 0.485. The van der Waals surface area contributed by atoms with E-state index in [1.165, 1.54) is 4.90 Å². The van der Waals surface area contributed by atoms with E-state index in [0.717, 1.165) is 45.0 Å². The van der Waals surface area contributed by atoms with E-state index in [9.17, 15) is 14.4 Å². The number of likely N-dealkylation sites (tertiary alicyclic amines) is 1. The maximum absolute atomic E-state index is 13.7. The maximum Gasteiger partial charge on any atom is 0.240 e. The van der Waals surface area contributed by atoms with Crippen LogP contribution in [0.2, 0.25) is 0 Å². The third-order valence-corrected chi connectivity index (χ3v) is 7.00. The summed E-state index contributed by atoms with van der Waals surface area (Å²) in [4.78, 5) is 49.7. The van der Waals surface area contributed by atoms with Gasteiger partial charge in [-0.15, -0.1) is 0 Å². The number of amides is 3. The van der Waals surface area contributed by atoms with Gasteiger partial charge < -0.3 is 9.64 Å². The molecule has 3 heterocycles. The molecule has 2 aliphatic heterocycles. The number of pyridine rings is 1. The van der Waals surface area contributed by atoms with Crippen LogP contribution in [-0.4, -0.2) is 90.4 Å². The lowest BCUT2D eigenvalue weighted by atomic mass is 9.75. The van der Waals surface area contributed by atoms with E-state index in [1.807, 2.05) is 48.5 Å². The van der Waals surface area contributed by atoms with Crippen LogP contribution in [0.3, 0.4) is 0 Å². The molecular weight excluding hydrogens is 444 g/mol. The van der Waals surface area contributed by atoms with Gasteiger partial charge >= 0.3 is 0 Å². The van der Waals surface area contributed by atoms with Crippen molar-refractivity contribution in [3.8, 4) is 0 Å². The highest BCUT2D eigenvalue weighted by molar-refractivity contribution is 6.10. The van der Waals surface area contributed by atoms with Crippen LogP contribution in [-0.2, 0) is 31.0 Å². The van der Waals surface area contributed by atoms with Crippen LogP contribution in [0.25, 0.3) is 0 Å². The Morgan fingerprint density at radius 2 is 1.80 bits per heavy atom. The second-order valence-electron chi connectivity index (χ2n) is 9.35. The molecule has 2 aromatic rings. The Kier molecular flexibility index (Phi) is 8.25. The molecule has 0 saturated carbocycles. The fraction of sp³-hybridized carbons (Fsp3) is 0.481. The standard InChI is InChI=1S/C27H34N4O4/c1-29(13-7-14-30-16-18-35-19-17-30)24(32)20-27(22-8-3-2-4-9-22)21-25(33)31(26(27)34)15-11-23-10-5-6-12-28-23/h2-6,8-10,12H,7,11,13-21H2,1H3/t27-/m1/s1. The summed E-state index contributed by atoms with van der Waals surface area (Å²) in [5.74, 6) is -0.652. The Bertz CT molecular complexity index is 1010. The first-order valence-corrected chi connectivity index (χ1v) is 12.3. The zero-order valence-corrected chi connectivity index (χ0v) is 20.4. The second kappa shape index (κ2) is 11.6. The molecule has 2 fully saturated rings. The monoisotopic (exact) mass is 478 g/mol. The third kappa shape index (κ3) is 5.94. The molecule has 2 aliphatic rings. The molecule has 35 heavy (non-hydrogen) atoms. The van der Waals surface area contributed by atoms with Crippen molar-refractivity contribution in [1.82, 2.24) is 19.7 Å². The number of rotatable bonds is 10. The van der Waals surface area contributed by atoms with E-state index in [1.54, 1.807) is 18.1 Å². The molecule has 0 bridgehead atoms. The van der Waals surface area contributed by atoms with Gasteiger partial charge in [0, 0.05) is 70.9 Å². The molecule has 1 aromatic heterocycles. The lowest BCUT2D eigenvalue weighted by Gasteiger charge is -2.30. The van der Waals surface area contributed by atoms with E-state index in [-0.39, 0.29) is 37.1 Å². The smallest absolute Gasteiger partial charge is 0.240 e. The third-order valence-electron chi connectivity index (χ3n) is 7.00. The normalized spacial score (nSPS) is 20.9. The first-order valence-electron chi connectivity index (χ1n) is 12.3. The van der Waals surface area contributed by atoms with Crippen LogP contribution < -0.4 is 0 Å². The zero-order chi connectivity index (χ0) is 24.7. The van der Waals surface area contributed by atoms with Gasteiger partial charge in [-0.25, -0.2) is 0 Å². The molecule has 8 nitrogen and oxygen atoms in total. The van der Waals surface area contributed by atoms with Crippen LogP contribution in [0, 0.1) is 0 Å². The van der Waals surface area contributed by atoms with Gasteiger partial charge in [0.2, 0.25) is 17.7 Å². The van der Waals surface area contributed by atoms with Crippen LogP contribution in [0.5, 0.6) is 0 Å². The highest BCUT2D eigenvalue weighted by Crippen LogP contribution is 2.40. The van der Waals surface area contributed by atoms with E-state index in [2.05, 4.69) is 9.88 Å². The van der Waals surface area contributed by atoms with E-state index < -0.39 is 5.41 Å². The van der Waals surface area contributed by atoms with Crippen molar-refractivity contribution in [3.63, 3.8) is 0 Å². The SMILES string of the molecule is CN(CCCN1CCOCC1)C(=O)C[C@]1(c2ccccc2)CC(=O)N(CCc2ccccn2)C1=O. The number of hydrogen-bond donors (Lipinski definition) is 0. The number of aromatic nitrogens is 1. The molecule has 4 rings (SSSR count). The van der Waals surface area contributed by atoms with Gasteiger partial charge in [-0.05, 0) is 24.1 Å². The van der Waals surface area contributed by atoms with E-state index >= 15 is 0 Å². The lowest BCUT2D eigenvalue weighted by Crippen LogP contribution is -2.43. The molecule has 3 amide bonds. The van der Waals surface area contributed by atoms with Crippen molar-refractivity contribution in [2.45, 2.75) is 31.1 Å². The lowest BCUT2D eigenvalue weighted by molar-refractivity contribution is -0.142. The van der Waals surface area contributed by atoms with Crippen molar-refractivity contribution < 1.29 is 19.1 Å². The minimum Gasteiger partial charge on any atom is -0.379 e. The molecule has 186 valence electrons. The summed E-state index contributed by atoms with van der Waals surface area (Å²) in [5.41, 5.74) is 0.369. The van der Waals surface area contributed by atoms with Crippen LogP contribution >= 0.6 is 0 Å². The summed E-state index contributed by atoms with van der Waals surface area (Å²) < 4.78 is 5.39. The largest absolute Gasteiger partial charge is 0.379 e. The Morgan fingerprint density at radius 3 is 2.51 bits per heavy atom. The van der Waals surface area contributed by atoms with Crippen molar-refractivity contribution in [3.05, 3.63) is 66.0 Å².